The quantitative estimate of drug-likeness (QED) is 0.592. The van der Waals surface area contributed by atoms with Gasteiger partial charge in [0.15, 0.2) is 0 Å². The van der Waals surface area contributed by atoms with Gasteiger partial charge in [-0.3, -0.25) is 4.90 Å². The van der Waals surface area contributed by atoms with Crippen molar-refractivity contribution in [1.29, 1.82) is 0 Å². The van der Waals surface area contributed by atoms with Crippen LogP contribution in [0.4, 0.5) is 5.69 Å². The maximum Gasteiger partial charge on any atom is 0.133 e. The summed E-state index contributed by atoms with van der Waals surface area (Å²) in [6, 6.07) is 14.1. The van der Waals surface area contributed by atoms with E-state index in [1.807, 2.05) is 24.3 Å². The van der Waals surface area contributed by atoms with E-state index in [1.54, 1.807) is 21.3 Å². The van der Waals surface area contributed by atoms with Gasteiger partial charge in [-0.2, -0.15) is 0 Å². The Morgan fingerprint density at radius 1 is 0.906 bits per heavy atom. The number of rotatable bonds is 9. The van der Waals surface area contributed by atoms with Gasteiger partial charge in [-0.15, -0.1) is 0 Å². The van der Waals surface area contributed by atoms with Crippen LogP contribution in [-0.2, 0) is 4.84 Å². The summed E-state index contributed by atoms with van der Waals surface area (Å²) < 4.78 is 16.1. The molecular weight excluding hydrogens is 406 g/mol. The Labute approximate surface area is 190 Å². The minimum Gasteiger partial charge on any atom is -0.497 e. The van der Waals surface area contributed by atoms with E-state index >= 15 is 0 Å². The molecule has 0 N–H and O–H groups in total. The third-order valence-electron chi connectivity index (χ3n) is 6.21. The van der Waals surface area contributed by atoms with Gasteiger partial charge in [0.1, 0.15) is 23.4 Å². The van der Waals surface area contributed by atoms with Crippen molar-refractivity contribution in [3.05, 3.63) is 48.0 Å². The second-order valence-corrected chi connectivity index (χ2v) is 8.24. The summed E-state index contributed by atoms with van der Waals surface area (Å²) in [5, 5.41) is 4.34. The van der Waals surface area contributed by atoms with Crippen LogP contribution >= 0.6 is 0 Å². The fourth-order valence-corrected chi connectivity index (χ4v) is 4.31. The Hall–Kier alpha value is -2.93. The molecule has 2 aromatic rings. The highest BCUT2D eigenvalue weighted by Gasteiger charge is 2.24. The average Bonchev–Trinajstić information content (AvgIpc) is 3.33. The van der Waals surface area contributed by atoms with Crippen molar-refractivity contribution in [2.45, 2.75) is 25.4 Å². The predicted octanol–water partition coefficient (Wildman–Crippen LogP) is 3.81. The zero-order valence-corrected chi connectivity index (χ0v) is 19.3. The molecule has 2 aliphatic heterocycles. The lowest BCUT2D eigenvalue weighted by atomic mass is 10.0. The highest BCUT2D eigenvalue weighted by Crippen LogP contribution is 2.27. The van der Waals surface area contributed by atoms with E-state index in [0.29, 0.717) is 0 Å². The number of ether oxygens (including phenoxy) is 3. The molecule has 172 valence electrons. The fourth-order valence-electron chi connectivity index (χ4n) is 4.31. The molecular formula is C25H33N3O4. The van der Waals surface area contributed by atoms with Gasteiger partial charge >= 0.3 is 0 Å². The van der Waals surface area contributed by atoms with E-state index in [2.05, 4.69) is 33.2 Å². The first-order valence-corrected chi connectivity index (χ1v) is 11.3. The Bertz CT molecular complexity index is 903. The van der Waals surface area contributed by atoms with Crippen LogP contribution in [0.1, 0.15) is 24.8 Å². The van der Waals surface area contributed by atoms with Crippen molar-refractivity contribution >= 4 is 11.4 Å². The normalized spacial score (nSPS) is 18.8. The molecule has 0 amide bonds. The number of anilines is 1. The molecule has 1 atom stereocenters. The zero-order chi connectivity index (χ0) is 22.3. The van der Waals surface area contributed by atoms with Crippen LogP contribution in [0, 0.1) is 0 Å². The molecule has 0 bridgehead atoms. The van der Waals surface area contributed by atoms with Gasteiger partial charge in [0.05, 0.1) is 27.0 Å². The maximum atomic E-state index is 5.72. The fraction of sp³-hybridized carbons (Fsp3) is 0.480. The van der Waals surface area contributed by atoms with Crippen LogP contribution in [0.3, 0.4) is 0 Å². The van der Waals surface area contributed by atoms with Crippen LogP contribution < -0.4 is 19.1 Å². The molecule has 1 saturated heterocycles. The third kappa shape index (κ3) is 5.46. The lowest BCUT2D eigenvalue weighted by molar-refractivity contribution is 0.0745. The number of nitrogens with zero attached hydrogens (tertiary/aromatic N) is 3. The van der Waals surface area contributed by atoms with E-state index < -0.39 is 0 Å². The largest absolute Gasteiger partial charge is 0.497 e. The number of hydrogen-bond acceptors (Lipinski definition) is 7. The topological polar surface area (TPSA) is 55.8 Å². The Morgan fingerprint density at radius 3 is 2.31 bits per heavy atom. The Morgan fingerprint density at radius 2 is 1.62 bits per heavy atom. The van der Waals surface area contributed by atoms with Crippen molar-refractivity contribution in [3.8, 4) is 17.2 Å². The van der Waals surface area contributed by atoms with Gasteiger partial charge in [-0.25, -0.2) is 0 Å². The molecule has 32 heavy (non-hydrogen) atoms. The minimum atomic E-state index is 0.139. The lowest BCUT2D eigenvalue weighted by Gasteiger charge is -2.36. The summed E-state index contributed by atoms with van der Waals surface area (Å²) in [7, 11) is 5.03. The van der Waals surface area contributed by atoms with Crippen molar-refractivity contribution in [2.24, 2.45) is 5.16 Å². The summed E-state index contributed by atoms with van der Waals surface area (Å²) in [6.07, 6.45) is 3.07. The predicted molar refractivity (Wildman–Crippen MR) is 126 cm³/mol. The summed E-state index contributed by atoms with van der Waals surface area (Å²) in [6.45, 7) is 5.33. The van der Waals surface area contributed by atoms with Crippen molar-refractivity contribution in [3.63, 3.8) is 0 Å². The van der Waals surface area contributed by atoms with Crippen LogP contribution in [0.5, 0.6) is 17.2 Å². The van der Waals surface area contributed by atoms with Crippen molar-refractivity contribution in [2.75, 3.05) is 59.0 Å². The summed E-state index contributed by atoms with van der Waals surface area (Å²) in [5.41, 5.74) is 3.19. The van der Waals surface area contributed by atoms with Gasteiger partial charge in [0.25, 0.3) is 0 Å². The molecule has 0 radical (unpaired) electrons. The molecule has 0 aliphatic carbocycles. The third-order valence-corrected chi connectivity index (χ3v) is 6.21. The van der Waals surface area contributed by atoms with Crippen LogP contribution in [0.2, 0.25) is 0 Å². The van der Waals surface area contributed by atoms with Crippen LogP contribution in [-0.4, -0.2) is 70.8 Å². The van der Waals surface area contributed by atoms with E-state index in [4.69, 9.17) is 19.0 Å². The van der Waals surface area contributed by atoms with Gasteiger partial charge < -0.3 is 23.9 Å². The summed E-state index contributed by atoms with van der Waals surface area (Å²) >= 11 is 0. The zero-order valence-electron chi connectivity index (χ0n) is 19.3. The van der Waals surface area contributed by atoms with E-state index in [-0.39, 0.29) is 6.10 Å². The molecule has 0 spiro atoms. The molecule has 2 aliphatic rings. The van der Waals surface area contributed by atoms with Crippen LogP contribution in [0.25, 0.3) is 0 Å². The monoisotopic (exact) mass is 439 g/mol. The molecule has 1 fully saturated rings. The SMILES string of the molecule is COc1cc(OC)cc(C2=NOC(CCCN3CCN(c4cccc(OC)c4)CC3)C2)c1. The second kappa shape index (κ2) is 10.6. The highest BCUT2D eigenvalue weighted by molar-refractivity contribution is 6.01. The molecule has 7 nitrogen and oxygen atoms in total. The Balaban J connectivity index is 1.20. The molecule has 1 unspecified atom stereocenters. The molecule has 0 aromatic heterocycles. The smallest absolute Gasteiger partial charge is 0.133 e. The number of methoxy groups -OCH3 is 3. The summed E-state index contributed by atoms with van der Waals surface area (Å²) in [5.74, 6) is 2.44. The van der Waals surface area contributed by atoms with Crippen molar-refractivity contribution in [1.82, 2.24) is 4.90 Å². The second-order valence-electron chi connectivity index (χ2n) is 8.24. The lowest BCUT2D eigenvalue weighted by Crippen LogP contribution is -2.46. The number of piperazine rings is 1. The van der Waals surface area contributed by atoms with E-state index in [9.17, 15) is 0 Å². The maximum absolute atomic E-state index is 5.72. The molecule has 4 rings (SSSR count). The molecule has 2 aromatic carbocycles. The first-order chi connectivity index (χ1) is 15.7. The molecule has 2 heterocycles. The highest BCUT2D eigenvalue weighted by atomic mass is 16.6. The summed E-state index contributed by atoms with van der Waals surface area (Å²) in [4.78, 5) is 10.7. The van der Waals surface area contributed by atoms with Gasteiger partial charge in [0.2, 0.25) is 0 Å². The Kier molecular flexibility index (Phi) is 7.37. The minimum absolute atomic E-state index is 0.139. The van der Waals surface area contributed by atoms with Gasteiger partial charge in [-0.1, -0.05) is 11.2 Å². The number of hydrogen-bond donors (Lipinski definition) is 0. The first kappa shape index (κ1) is 22.3. The molecule has 7 heteroatoms. The van der Waals surface area contributed by atoms with E-state index in [0.717, 1.165) is 80.5 Å². The molecule has 0 saturated carbocycles. The van der Waals surface area contributed by atoms with Crippen molar-refractivity contribution < 1.29 is 19.0 Å². The number of benzene rings is 2. The number of oxime groups is 1. The van der Waals surface area contributed by atoms with Gasteiger partial charge in [0, 0.05) is 56.0 Å². The average molecular weight is 440 g/mol. The standard InChI is InChI=1S/C25H33N3O4/c1-29-21-7-4-6-20(16-21)28-12-10-27(11-13-28)9-5-8-22-18-25(26-32-22)19-14-23(30-2)17-24(15-19)31-3/h4,6-7,14-17,22H,5,8-13,18H2,1-3H3. The van der Waals surface area contributed by atoms with Crippen LogP contribution in [0.15, 0.2) is 47.6 Å². The van der Waals surface area contributed by atoms with Gasteiger partial charge in [-0.05, 0) is 43.7 Å². The van der Waals surface area contributed by atoms with E-state index in [1.165, 1.54) is 5.69 Å². The first-order valence-electron chi connectivity index (χ1n) is 11.3.